The molecule has 0 N–H and O–H groups in total. The number of hydrogen-bond acceptors (Lipinski definition) is 1. The Morgan fingerprint density at radius 3 is 1.91 bits per heavy atom. The van der Waals surface area contributed by atoms with E-state index in [0.717, 1.165) is 22.2 Å². The SMILES string of the molecule is c1cc(-c2cccc3oc4ccccc4c23)cc(-n2c3ccccc3c3ccccc32)c1. The van der Waals surface area contributed by atoms with Crippen LogP contribution in [0.2, 0.25) is 0 Å². The zero-order chi connectivity index (χ0) is 21.1. The van der Waals surface area contributed by atoms with Gasteiger partial charge in [-0.3, -0.25) is 0 Å². The van der Waals surface area contributed by atoms with Crippen LogP contribution in [-0.2, 0) is 0 Å². The third-order valence-corrected chi connectivity index (χ3v) is 6.40. The fraction of sp³-hybridized carbons (Fsp3) is 0. The van der Waals surface area contributed by atoms with Gasteiger partial charge in [0.2, 0.25) is 0 Å². The summed E-state index contributed by atoms with van der Waals surface area (Å²) in [6.45, 7) is 0. The molecule has 7 aromatic rings. The van der Waals surface area contributed by atoms with Crippen molar-refractivity contribution in [2.75, 3.05) is 0 Å². The van der Waals surface area contributed by atoms with E-state index in [4.69, 9.17) is 4.42 Å². The fourth-order valence-electron chi connectivity index (χ4n) is 5.03. The van der Waals surface area contributed by atoms with Gasteiger partial charge in [0.25, 0.3) is 0 Å². The highest BCUT2D eigenvalue weighted by Crippen LogP contribution is 2.38. The standard InChI is InChI=1S/C30H19NO/c1-4-15-26-23(11-1)24-12-2-5-16-27(24)31(26)21-10-7-9-20(19-21)22-14-8-18-29-30(22)25-13-3-6-17-28(25)32-29/h1-19H. The van der Waals surface area contributed by atoms with Gasteiger partial charge in [0.05, 0.1) is 11.0 Å². The minimum atomic E-state index is 0.922. The van der Waals surface area contributed by atoms with Crippen LogP contribution in [0.1, 0.15) is 0 Å². The maximum atomic E-state index is 6.13. The van der Waals surface area contributed by atoms with Crippen LogP contribution in [0.25, 0.3) is 60.6 Å². The molecule has 0 aliphatic carbocycles. The normalized spacial score (nSPS) is 11.8. The first-order valence-electron chi connectivity index (χ1n) is 10.9. The number of furan rings is 1. The minimum absolute atomic E-state index is 0.922. The second kappa shape index (κ2) is 6.60. The molecule has 0 bridgehead atoms. The van der Waals surface area contributed by atoms with E-state index in [-0.39, 0.29) is 0 Å². The monoisotopic (exact) mass is 409 g/mol. The van der Waals surface area contributed by atoms with E-state index in [9.17, 15) is 0 Å². The highest BCUT2D eigenvalue weighted by Gasteiger charge is 2.14. The summed E-state index contributed by atoms with van der Waals surface area (Å²) >= 11 is 0. The Bertz CT molecular complexity index is 1730. The zero-order valence-corrected chi connectivity index (χ0v) is 17.3. The van der Waals surface area contributed by atoms with Crippen molar-refractivity contribution >= 4 is 43.7 Å². The second-order valence-corrected chi connectivity index (χ2v) is 8.20. The molecule has 0 spiro atoms. The van der Waals surface area contributed by atoms with Crippen molar-refractivity contribution in [2.24, 2.45) is 0 Å². The molecule has 2 nitrogen and oxygen atoms in total. The Morgan fingerprint density at radius 1 is 0.500 bits per heavy atom. The van der Waals surface area contributed by atoms with Gasteiger partial charge in [0, 0.05) is 27.2 Å². The molecule has 0 amide bonds. The van der Waals surface area contributed by atoms with E-state index in [2.05, 4.69) is 108 Å². The first-order chi connectivity index (χ1) is 15.9. The largest absolute Gasteiger partial charge is 0.456 e. The van der Waals surface area contributed by atoms with Crippen molar-refractivity contribution < 1.29 is 4.42 Å². The van der Waals surface area contributed by atoms with E-state index < -0.39 is 0 Å². The maximum Gasteiger partial charge on any atom is 0.136 e. The third-order valence-electron chi connectivity index (χ3n) is 6.40. The number of rotatable bonds is 2. The molecule has 5 aromatic carbocycles. The Labute approximate surface area is 184 Å². The van der Waals surface area contributed by atoms with Crippen molar-refractivity contribution in [3.05, 3.63) is 115 Å². The lowest BCUT2D eigenvalue weighted by atomic mass is 9.99. The van der Waals surface area contributed by atoms with Crippen molar-refractivity contribution in [1.29, 1.82) is 0 Å². The Morgan fingerprint density at radius 2 is 1.12 bits per heavy atom. The van der Waals surface area contributed by atoms with Crippen LogP contribution in [0.4, 0.5) is 0 Å². The summed E-state index contributed by atoms with van der Waals surface area (Å²) < 4.78 is 8.49. The molecule has 0 saturated carbocycles. The Balaban J connectivity index is 1.52. The first kappa shape index (κ1) is 17.4. The molecular weight excluding hydrogens is 390 g/mol. The van der Waals surface area contributed by atoms with Crippen LogP contribution >= 0.6 is 0 Å². The van der Waals surface area contributed by atoms with Crippen molar-refractivity contribution in [3.8, 4) is 16.8 Å². The third kappa shape index (κ3) is 2.41. The number of fused-ring (bicyclic) bond motifs is 6. The van der Waals surface area contributed by atoms with Crippen LogP contribution in [-0.4, -0.2) is 4.57 Å². The van der Waals surface area contributed by atoms with E-state index in [1.165, 1.54) is 38.3 Å². The zero-order valence-electron chi connectivity index (χ0n) is 17.3. The second-order valence-electron chi connectivity index (χ2n) is 8.20. The van der Waals surface area contributed by atoms with Gasteiger partial charge in [-0.1, -0.05) is 78.9 Å². The topological polar surface area (TPSA) is 18.1 Å². The van der Waals surface area contributed by atoms with Crippen molar-refractivity contribution in [1.82, 2.24) is 4.57 Å². The number of para-hydroxylation sites is 3. The van der Waals surface area contributed by atoms with E-state index in [1.807, 2.05) is 12.1 Å². The molecule has 32 heavy (non-hydrogen) atoms. The lowest BCUT2D eigenvalue weighted by Crippen LogP contribution is -1.94. The van der Waals surface area contributed by atoms with Crippen molar-refractivity contribution in [2.45, 2.75) is 0 Å². The Hall–Kier alpha value is -4.30. The van der Waals surface area contributed by atoms with Gasteiger partial charge in [0.15, 0.2) is 0 Å². The van der Waals surface area contributed by atoms with E-state index in [0.29, 0.717) is 0 Å². The molecule has 2 aromatic heterocycles. The molecule has 150 valence electrons. The van der Waals surface area contributed by atoms with Crippen LogP contribution in [0.15, 0.2) is 120 Å². The predicted molar refractivity (Wildman–Crippen MR) is 133 cm³/mol. The van der Waals surface area contributed by atoms with E-state index >= 15 is 0 Å². The average molecular weight is 409 g/mol. The van der Waals surface area contributed by atoms with Gasteiger partial charge in [-0.25, -0.2) is 0 Å². The van der Waals surface area contributed by atoms with Crippen LogP contribution < -0.4 is 0 Å². The molecule has 0 unspecified atom stereocenters. The average Bonchev–Trinajstić information content (AvgIpc) is 3.40. The molecule has 0 radical (unpaired) electrons. The summed E-state index contributed by atoms with van der Waals surface area (Å²) in [5.74, 6) is 0. The van der Waals surface area contributed by atoms with Crippen LogP contribution in [0.3, 0.4) is 0 Å². The lowest BCUT2D eigenvalue weighted by molar-refractivity contribution is 0.669. The van der Waals surface area contributed by atoms with Gasteiger partial charge in [-0.05, 0) is 47.5 Å². The molecule has 0 fully saturated rings. The molecule has 0 aliphatic rings. The fourth-order valence-corrected chi connectivity index (χ4v) is 5.03. The van der Waals surface area contributed by atoms with Gasteiger partial charge >= 0.3 is 0 Å². The number of benzene rings is 5. The smallest absolute Gasteiger partial charge is 0.136 e. The molecule has 0 aliphatic heterocycles. The maximum absolute atomic E-state index is 6.13. The van der Waals surface area contributed by atoms with Crippen LogP contribution in [0, 0.1) is 0 Å². The summed E-state index contributed by atoms with van der Waals surface area (Å²) in [6, 6.07) is 40.7. The minimum Gasteiger partial charge on any atom is -0.456 e. The van der Waals surface area contributed by atoms with Gasteiger partial charge < -0.3 is 8.98 Å². The molecule has 2 heterocycles. The number of nitrogens with zero attached hydrogens (tertiary/aromatic N) is 1. The molecule has 2 heteroatoms. The molecule has 0 atom stereocenters. The summed E-state index contributed by atoms with van der Waals surface area (Å²) in [7, 11) is 0. The van der Waals surface area contributed by atoms with Crippen molar-refractivity contribution in [3.63, 3.8) is 0 Å². The van der Waals surface area contributed by atoms with Gasteiger partial charge in [-0.15, -0.1) is 0 Å². The van der Waals surface area contributed by atoms with Crippen LogP contribution in [0.5, 0.6) is 0 Å². The molecule has 0 saturated heterocycles. The summed E-state index contributed by atoms with van der Waals surface area (Å²) in [4.78, 5) is 0. The van der Waals surface area contributed by atoms with E-state index in [1.54, 1.807) is 0 Å². The highest BCUT2D eigenvalue weighted by atomic mass is 16.3. The summed E-state index contributed by atoms with van der Waals surface area (Å²) in [5, 5.41) is 4.87. The molecule has 7 rings (SSSR count). The first-order valence-corrected chi connectivity index (χ1v) is 10.9. The predicted octanol–water partition coefficient (Wildman–Crippen LogP) is 8.35. The molecular formula is C30H19NO. The highest BCUT2D eigenvalue weighted by molar-refractivity contribution is 6.13. The number of aromatic nitrogens is 1. The van der Waals surface area contributed by atoms with Gasteiger partial charge in [-0.2, -0.15) is 0 Å². The number of hydrogen-bond donors (Lipinski definition) is 0. The summed E-state index contributed by atoms with van der Waals surface area (Å²) in [6.07, 6.45) is 0. The summed E-state index contributed by atoms with van der Waals surface area (Å²) in [5.41, 5.74) is 7.82. The lowest BCUT2D eigenvalue weighted by Gasteiger charge is -2.11. The Kier molecular flexibility index (Phi) is 3.58. The quantitative estimate of drug-likeness (QED) is 0.280. The van der Waals surface area contributed by atoms with Gasteiger partial charge in [0.1, 0.15) is 11.2 Å².